The van der Waals surface area contributed by atoms with Crippen LogP contribution in [-0.2, 0) is 22.6 Å². The van der Waals surface area contributed by atoms with Gasteiger partial charge in [-0.05, 0) is 28.8 Å². The molecular formula is C27H21ClN4O4. The molecule has 9 heteroatoms. The second kappa shape index (κ2) is 8.49. The first-order chi connectivity index (χ1) is 17.4. The number of para-hydroxylation sites is 1. The Bertz CT molecular complexity index is 1550. The molecular weight excluding hydrogens is 480 g/mol. The monoisotopic (exact) mass is 500 g/mol. The summed E-state index contributed by atoms with van der Waals surface area (Å²) >= 11 is 6.33. The topological polar surface area (TPSA) is 99.5 Å². The molecule has 0 radical (unpaired) electrons. The van der Waals surface area contributed by atoms with Crippen LogP contribution in [0.15, 0.2) is 72.8 Å². The highest BCUT2D eigenvalue weighted by Crippen LogP contribution is 2.43. The first-order valence-corrected chi connectivity index (χ1v) is 12.0. The van der Waals surface area contributed by atoms with Crippen molar-refractivity contribution >= 4 is 40.0 Å². The average Bonchev–Trinajstić information content (AvgIpc) is 3.25. The number of halogens is 1. The minimum absolute atomic E-state index is 0.0663. The maximum Gasteiger partial charge on any atom is 0.269 e. The van der Waals surface area contributed by atoms with Crippen molar-refractivity contribution in [1.29, 1.82) is 0 Å². The molecule has 0 spiro atoms. The Labute approximate surface area is 211 Å². The van der Waals surface area contributed by atoms with Crippen LogP contribution in [0.1, 0.15) is 28.4 Å². The van der Waals surface area contributed by atoms with E-state index < -0.39 is 17.0 Å². The fourth-order valence-corrected chi connectivity index (χ4v) is 5.64. The van der Waals surface area contributed by atoms with E-state index in [1.54, 1.807) is 28.0 Å². The minimum atomic E-state index is -0.732. The van der Waals surface area contributed by atoms with Crippen LogP contribution >= 0.6 is 11.6 Å². The molecule has 2 aliphatic rings. The number of rotatable bonds is 4. The smallest absolute Gasteiger partial charge is 0.269 e. The van der Waals surface area contributed by atoms with E-state index in [9.17, 15) is 19.7 Å². The highest BCUT2D eigenvalue weighted by atomic mass is 35.5. The number of benzene rings is 3. The Morgan fingerprint density at radius 2 is 1.81 bits per heavy atom. The summed E-state index contributed by atoms with van der Waals surface area (Å²) in [6, 6.07) is 20.0. The van der Waals surface area contributed by atoms with Gasteiger partial charge in [0.1, 0.15) is 12.6 Å². The van der Waals surface area contributed by atoms with Gasteiger partial charge in [-0.25, -0.2) is 0 Å². The van der Waals surface area contributed by atoms with Gasteiger partial charge in [0.15, 0.2) is 0 Å². The lowest BCUT2D eigenvalue weighted by Gasteiger charge is -2.47. The molecule has 1 aromatic heterocycles. The number of nitro groups is 1. The molecule has 3 aromatic carbocycles. The predicted molar refractivity (Wildman–Crippen MR) is 134 cm³/mol. The van der Waals surface area contributed by atoms with Crippen molar-refractivity contribution in [2.24, 2.45) is 0 Å². The highest BCUT2D eigenvalue weighted by molar-refractivity contribution is 6.31. The molecule has 2 aliphatic heterocycles. The normalized spacial score (nSPS) is 19.4. The summed E-state index contributed by atoms with van der Waals surface area (Å²) in [7, 11) is 0. The van der Waals surface area contributed by atoms with Crippen molar-refractivity contribution in [3.63, 3.8) is 0 Å². The van der Waals surface area contributed by atoms with Crippen LogP contribution in [0.4, 0.5) is 5.69 Å². The van der Waals surface area contributed by atoms with E-state index in [0.29, 0.717) is 17.0 Å². The van der Waals surface area contributed by atoms with Crippen molar-refractivity contribution in [3.05, 3.63) is 110 Å². The molecule has 2 amide bonds. The largest absolute Gasteiger partial charge is 0.356 e. The summed E-state index contributed by atoms with van der Waals surface area (Å²) in [5.41, 5.74) is 3.92. The van der Waals surface area contributed by atoms with Gasteiger partial charge < -0.3 is 14.8 Å². The zero-order valence-electron chi connectivity index (χ0n) is 19.1. The lowest BCUT2D eigenvalue weighted by atomic mass is 9.86. The van der Waals surface area contributed by atoms with Crippen molar-refractivity contribution in [1.82, 2.24) is 14.8 Å². The van der Waals surface area contributed by atoms with Gasteiger partial charge in [0.05, 0.1) is 11.0 Å². The summed E-state index contributed by atoms with van der Waals surface area (Å²) in [5.74, 6) is -0.381. The van der Waals surface area contributed by atoms with Crippen LogP contribution in [0.2, 0.25) is 5.02 Å². The Balaban J connectivity index is 1.47. The van der Waals surface area contributed by atoms with Crippen LogP contribution in [-0.4, -0.2) is 44.1 Å². The Kier molecular flexibility index (Phi) is 5.26. The number of piperazine rings is 1. The van der Waals surface area contributed by atoms with E-state index in [-0.39, 0.29) is 30.6 Å². The van der Waals surface area contributed by atoms with Crippen molar-refractivity contribution < 1.29 is 14.5 Å². The molecule has 0 saturated carbocycles. The Morgan fingerprint density at radius 1 is 1.03 bits per heavy atom. The van der Waals surface area contributed by atoms with Crippen LogP contribution in [0.25, 0.3) is 10.9 Å². The molecule has 0 aliphatic carbocycles. The summed E-state index contributed by atoms with van der Waals surface area (Å²) in [4.78, 5) is 45.1. The van der Waals surface area contributed by atoms with E-state index in [1.165, 1.54) is 12.1 Å². The number of nitro benzene ring substituents is 1. The number of hydrogen-bond acceptors (Lipinski definition) is 4. The van der Waals surface area contributed by atoms with Gasteiger partial charge >= 0.3 is 0 Å². The number of carbonyl (C=O) groups excluding carboxylic acids is 2. The van der Waals surface area contributed by atoms with Crippen LogP contribution in [0, 0.1) is 10.1 Å². The molecule has 0 bridgehead atoms. The fourth-order valence-electron chi connectivity index (χ4n) is 5.44. The molecule has 3 heterocycles. The number of nitrogens with zero attached hydrogens (tertiary/aromatic N) is 3. The number of aromatic nitrogens is 1. The van der Waals surface area contributed by atoms with Crippen LogP contribution in [0.3, 0.4) is 0 Å². The van der Waals surface area contributed by atoms with Crippen molar-refractivity contribution in [2.75, 3.05) is 6.54 Å². The maximum absolute atomic E-state index is 13.8. The third kappa shape index (κ3) is 3.53. The number of H-pyrrole nitrogens is 1. The van der Waals surface area contributed by atoms with Gasteiger partial charge in [0.2, 0.25) is 11.8 Å². The highest BCUT2D eigenvalue weighted by Gasteiger charge is 2.48. The van der Waals surface area contributed by atoms with E-state index in [2.05, 4.69) is 4.98 Å². The molecule has 6 rings (SSSR count). The maximum atomic E-state index is 13.8. The molecule has 4 aromatic rings. The van der Waals surface area contributed by atoms with Crippen LogP contribution in [0.5, 0.6) is 0 Å². The molecule has 1 saturated heterocycles. The quantitative estimate of drug-likeness (QED) is 0.326. The predicted octanol–water partition coefficient (Wildman–Crippen LogP) is 4.61. The lowest BCUT2D eigenvalue weighted by Crippen LogP contribution is -2.62. The molecule has 180 valence electrons. The van der Waals surface area contributed by atoms with E-state index in [0.717, 1.165) is 27.7 Å². The van der Waals surface area contributed by atoms with Gasteiger partial charge in [-0.15, -0.1) is 0 Å². The van der Waals surface area contributed by atoms with Gasteiger partial charge in [0, 0.05) is 46.7 Å². The van der Waals surface area contributed by atoms with Crippen molar-refractivity contribution in [2.45, 2.75) is 25.0 Å². The van der Waals surface area contributed by atoms with Gasteiger partial charge in [-0.2, -0.15) is 0 Å². The number of amides is 2. The standard InChI is InChI=1S/C27H21ClN4O4/c28-21-10-3-1-6-17(21)14-30-15-24(33)31-23(27(30)34)13-20-19-9-2-4-11-22(19)29-25(20)26(31)16-7-5-8-18(12-16)32(35)36/h1-12,23,26,29H,13-15H2/t23-,26+/m1/s1. The lowest BCUT2D eigenvalue weighted by molar-refractivity contribution is -0.384. The molecule has 1 fully saturated rings. The minimum Gasteiger partial charge on any atom is -0.356 e. The Hall–Kier alpha value is -4.17. The number of carbonyl (C=O) groups is 2. The number of nitrogens with one attached hydrogen (secondary N) is 1. The van der Waals surface area contributed by atoms with Crippen molar-refractivity contribution in [3.8, 4) is 0 Å². The molecule has 8 nitrogen and oxygen atoms in total. The molecule has 1 N–H and O–H groups in total. The first-order valence-electron chi connectivity index (χ1n) is 11.6. The molecule has 0 unspecified atom stereocenters. The van der Waals surface area contributed by atoms with E-state index in [1.807, 2.05) is 42.5 Å². The van der Waals surface area contributed by atoms with Gasteiger partial charge in [0.25, 0.3) is 5.69 Å². The van der Waals surface area contributed by atoms with E-state index >= 15 is 0 Å². The van der Waals surface area contributed by atoms with E-state index in [4.69, 9.17) is 11.6 Å². The number of aromatic amines is 1. The number of hydrogen-bond donors (Lipinski definition) is 1. The summed E-state index contributed by atoms with van der Waals surface area (Å²) in [6.45, 7) is 0.137. The third-order valence-corrected chi connectivity index (χ3v) is 7.43. The Morgan fingerprint density at radius 3 is 2.61 bits per heavy atom. The van der Waals surface area contributed by atoms with Gasteiger partial charge in [-0.3, -0.25) is 19.7 Å². The summed E-state index contributed by atoms with van der Waals surface area (Å²) in [5, 5.41) is 13.0. The first kappa shape index (κ1) is 22.3. The fraction of sp³-hybridized carbons (Fsp3) is 0.185. The number of fused-ring (bicyclic) bond motifs is 4. The summed E-state index contributed by atoms with van der Waals surface area (Å²) in [6.07, 6.45) is 0.356. The second-order valence-corrected chi connectivity index (χ2v) is 9.53. The summed E-state index contributed by atoms with van der Waals surface area (Å²) < 4.78 is 0. The SMILES string of the molecule is O=C1[C@H]2Cc3c([nH]c4ccccc34)[C@H](c3cccc([N+](=O)[O-])c3)N2C(=O)CN1Cc1ccccc1Cl. The zero-order valence-corrected chi connectivity index (χ0v) is 19.8. The van der Waals surface area contributed by atoms with Gasteiger partial charge in [-0.1, -0.05) is 60.1 Å². The zero-order chi connectivity index (χ0) is 25.0. The molecule has 2 atom stereocenters. The third-order valence-electron chi connectivity index (χ3n) is 7.06. The second-order valence-electron chi connectivity index (χ2n) is 9.12. The average molecular weight is 501 g/mol. The van der Waals surface area contributed by atoms with Crippen LogP contribution < -0.4 is 0 Å². The molecule has 36 heavy (non-hydrogen) atoms. The number of non-ortho nitro benzene ring substituents is 1.